The number of rotatable bonds is 4. The van der Waals surface area contributed by atoms with Crippen LogP contribution in [-0.4, -0.2) is 26.6 Å². The highest BCUT2D eigenvalue weighted by molar-refractivity contribution is 5.88. The van der Waals surface area contributed by atoms with Crippen molar-refractivity contribution < 1.29 is 4.79 Å². The second kappa shape index (κ2) is 6.68. The molecule has 6 heteroatoms. The Labute approximate surface area is 129 Å². The van der Waals surface area contributed by atoms with E-state index in [0.29, 0.717) is 18.9 Å². The van der Waals surface area contributed by atoms with Crippen molar-refractivity contribution in [3.63, 3.8) is 0 Å². The van der Waals surface area contributed by atoms with Gasteiger partial charge in [0.05, 0.1) is 12.1 Å². The van der Waals surface area contributed by atoms with Gasteiger partial charge in [-0.3, -0.25) is 4.79 Å². The number of hydrazone groups is 1. The third kappa shape index (κ3) is 3.32. The number of benzene rings is 1. The van der Waals surface area contributed by atoms with Gasteiger partial charge in [0.1, 0.15) is 5.52 Å². The average molecular weight is 299 g/mol. The molecule has 1 saturated carbocycles. The molecule has 22 heavy (non-hydrogen) atoms. The first-order valence-corrected chi connectivity index (χ1v) is 7.87. The topological polar surface area (TPSA) is 72.2 Å². The first-order chi connectivity index (χ1) is 10.7. The van der Waals surface area contributed by atoms with Crippen LogP contribution in [0.3, 0.4) is 0 Å². The van der Waals surface area contributed by atoms with Gasteiger partial charge in [0.2, 0.25) is 5.91 Å². The maximum Gasteiger partial charge on any atom is 0.241 e. The van der Waals surface area contributed by atoms with Gasteiger partial charge in [-0.05, 0) is 37.3 Å². The Morgan fingerprint density at radius 3 is 3.14 bits per heavy atom. The highest BCUT2D eigenvalue weighted by Gasteiger charge is 2.16. The Morgan fingerprint density at radius 2 is 2.27 bits per heavy atom. The quantitative estimate of drug-likeness (QED) is 0.882. The van der Waals surface area contributed by atoms with Gasteiger partial charge in [0.25, 0.3) is 0 Å². The second-order valence-electron chi connectivity index (χ2n) is 5.84. The average Bonchev–Trinajstić information content (AvgIpc) is 2.95. The van der Waals surface area contributed by atoms with E-state index in [0.717, 1.165) is 23.2 Å². The minimum absolute atomic E-state index is 0.0788. The third-order valence-electron chi connectivity index (χ3n) is 4.18. The summed E-state index contributed by atoms with van der Waals surface area (Å²) in [5.41, 5.74) is 5.59. The number of hydrogen-bond donors (Lipinski definition) is 1. The molecular formula is C16H21N5O. The van der Waals surface area contributed by atoms with Gasteiger partial charge < -0.3 is 0 Å². The minimum atomic E-state index is -0.0788. The van der Waals surface area contributed by atoms with Crippen LogP contribution >= 0.6 is 0 Å². The van der Waals surface area contributed by atoms with Crippen molar-refractivity contribution in [2.75, 3.05) is 0 Å². The summed E-state index contributed by atoms with van der Waals surface area (Å²) in [5, 5.41) is 12.5. The Kier molecular flexibility index (Phi) is 4.46. The number of aryl methyl sites for hydroxylation is 1. The number of nitrogens with zero attached hydrogens (tertiary/aromatic N) is 4. The van der Waals surface area contributed by atoms with Gasteiger partial charge in [-0.2, -0.15) is 5.10 Å². The fraction of sp³-hybridized carbons (Fsp3) is 0.500. The fourth-order valence-electron chi connectivity index (χ4n) is 2.82. The molecular weight excluding hydrogens is 278 g/mol. The lowest BCUT2D eigenvalue weighted by Gasteiger charge is -2.19. The van der Waals surface area contributed by atoms with E-state index < -0.39 is 0 Å². The fourth-order valence-corrected chi connectivity index (χ4v) is 2.82. The van der Waals surface area contributed by atoms with Crippen molar-refractivity contribution in [2.45, 2.75) is 45.6 Å². The van der Waals surface area contributed by atoms with Gasteiger partial charge in [-0.1, -0.05) is 30.7 Å². The summed E-state index contributed by atoms with van der Waals surface area (Å²) in [6, 6.07) is 7.74. The lowest BCUT2D eigenvalue weighted by molar-refractivity contribution is -0.121. The predicted molar refractivity (Wildman–Crippen MR) is 85.4 cm³/mol. The van der Waals surface area contributed by atoms with Crippen molar-refractivity contribution in [3.8, 4) is 0 Å². The Bertz CT molecular complexity index is 691. The summed E-state index contributed by atoms with van der Waals surface area (Å²) in [6.07, 6.45) is 4.94. The van der Waals surface area contributed by atoms with Crippen LogP contribution in [0.2, 0.25) is 0 Å². The van der Waals surface area contributed by atoms with E-state index in [1.54, 1.807) is 4.68 Å². The van der Waals surface area contributed by atoms with Crippen LogP contribution < -0.4 is 5.43 Å². The van der Waals surface area contributed by atoms with Crippen LogP contribution in [0.25, 0.3) is 11.0 Å². The SMILES string of the molecule is CC1CCCC/C1=N/NC(=O)CCn1nnc2ccccc21. The van der Waals surface area contributed by atoms with Crippen LogP contribution in [0.1, 0.15) is 39.0 Å². The maximum atomic E-state index is 11.9. The Hall–Kier alpha value is -2.24. The molecule has 1 aliphatic carbocycles. The maximum absolute atomic E-state index is 11.9. The minimum Gasteiger partial charge on any atom is -0.273 e. The smallest absolute Gasteiger partial charge is 0.241 e. The molecule has 0 radical (unpaired) electrons. The first kappa shape index (κ1) is 14.7. The highest BCUT2D eigenvalue weighted by Crippen LogP contribution is 2.20. The molecule has 1 aliphatic rings. The molecule has 1 amide bonds. The summed E-state index contributed by atoms with van der Waals surface area (Å²) >= 11 is 0. The number of carbonyl (C=O) groups is 1. The summed E-state index contributed by atoms with van der Waals surface area (Å²) in [6.45, 7) is 2.68. The van der Waals surface area contributed by atoms with Gasteiger partial charge in [0, 0.05) is 12.1 Å². The van der Waals surface area contributed by atoms with Crippen LogP contribution in [0.4, 0.5) is 0 Å². The van der Waals surface area contributed by atoms with Gasteiger partial charge >= 0.3 is 0 Å². The summed E-state index contributed by atoms with van der Waals surface area (Å²) < 4.78 is 1.76. The number of nitrogens with one attached hydrogen (secondary N) is 1. The molecule has 6 nitrogen and oxygen atoms in total. The van der Waals surface area contributed by atoms with Crippen LogP contribution in [0, 0.1) is 5.92 Å². The van der Waals surface area contributed by atoms with Crippen molar-refractivity contribution in [2.24, 2.45) is 11.0 Å². The van der Waals surface area contributed by atoms with Crippen molar-refractivity contribution in [3.05, 3.63) is 24.3 Å². The van der Waals surface area contributed by atoms with Gasteiger partial charge in [-0.25, -0.2) is 10.1 Å². The van der Waals surface area contributed by atoms with Gasteiger partial charge in [0.15, 0.2) is 0 Å². The summed E-state index contributed by atoms with van der Waals surface area (Å²) in [4.78, 5) is 11.9. The molecule has 0 spiro atoms. The zero-order chi connectivity index (χ0) is 15.4. The molecule has 3 rings (SSSR count). The number of hydrogen-bond acceptors (Lipinski definition) is 4. The Balaban J connectivity index is 1.55. The monoisotopic (exact) mass is 299 g/mol. The number of aromatic nitrogens is 3. The Morgan fingerprint density at radius 1 is 1.41 bits per heavy atom. The lowest BCUT2D eigenvalue weighted by Crippen LogP contribution is -2.25. The summed E-state index contributed by atoms with van der Waals surface area (Å²) in [7, 11) is 0. The van der Waals surface area contributed by atoms with E-state index in [-0.39, 0.29) is 5.91 Å². The van der Waals surface area contributed by atoms with E-state index in [4.69, 9.17) is 0 Å². The van der Waals surface area contributed by atoms with Crippen LogP contribution in [0.15, 0.2) is 29.4 Å². The number of para-hydroxylation sites is 1. The largest absolute Gasteiger partial charge is 0.273 e. The van der Waals surface area contributed by atoms with E-state index >= 15 is 0 Å². The molecule has 0 saturated heterocycles. The molecule has 0 aliphatic heterocycles. The second-order valence-corrected chi connectivity index (χ2v) is 5.84. The standard InChI is InChI=1S/C16H21N5O/c1-12-6-2-3-7-13(12)17-19-16(22)10-11-21-15-9-5-4-8-14(15)18-20-21/h4-5,8-9,12H,2-3,6-7,10-11H2,1H3,(H,19,22)/b17-13-. The van der Waals surface area contributed by atoms with E-state index in [9.17, 15) is 4.79 Å². The van der Waals surface area contributed by atoms with Crippen LogP contribution in [-0.2, 0) is 11.3 Å². The normalized spacial score (nSPS) is 20.4. The van der Waals surface area contributed by atoms with Crippen LogP contribution in [0.5, 0.6) is 0 Å². The number of amides is 1. The molecule has 116 valence electrons. The zero-order valence-electron chi connectivity index (χ0n) is 12.8. The highest BCUT2D eigenvalue weighted by atomic mass is 16.2. The van der Waals surface area contributed by atoms with Crippen molar-refractivity contribution in [1.29, 1.82) is 0 Å². The molecule has 1 heterocycles. The molecule has 2 aromatic rings. The first-order valence-electron chi connectivity index (χ1n) is 7.87. The molecule has 1 unspecified atom stereocenters. The number of carbonyl (C=O) groups excluding carboxylic acids is 1. The molecule has 1 atom stereocenters. The molecule has 1 aromatic carbocycles. The molecule has 1 N–H and O–H groups in total. The molecule has 0 bridgehead atoms. The molecule has 1 aromatic heterocycles. The van der Waals surface area contributed by atoms with E-state index in [1.165, 1.54) is 19.3 Å². The third-order valence-corrected chi connectivity index (χ3v) is 4.18. The van der Waals surface area contributed by atoms with E-state index in [2.05, 4.69) is 27.8 Å². The lowest BCUT2D eigenvalue weighted by atomic mass is 9.89. The predicted octanol–water partition coefficient (Wildman–Crippen LogP) is 2.50. The van der Waals surface area contributed by atoms with Crippen molar-refractivity contribution in [1.82, 2.24) is 20.4 Å². The van der Waals surface area contributed by atoms with Crippen molar-refractivity contribution >= 4 is 22.7 Å². The zero-order valence-corrected chi connectivity index (χ0v) is 12.8. The van der Waals surface area contributed by atoms with E-state index in [1.807, 2.05) is 24.3 Å². The summed E-state index contributed by atoms with van der Waals surface area (Å²) in [5.74, 6) is 0.401. The van der Waals surface area contributed by atoms with Gasteiger partial charge in [-0.15, -0.1) is 5.10 Å². The number of fused-ring (bicyclic) bond motifs is 1. The molecule has 1 fully saturated rings.